The third-order valence-corrected chi connectivity index (χ3v) is 5.96. The fourth-order valence-corrected chi connectivity index (χ4v) is 4.19. The number of aromatic nitrogens is 1. The van der Waals surface area contributed by atoms with Crippen LogP contribution in [-0.2, 0) is 25.5 Å². The summed E-state index contributed by atoms with van der Waals surface area (Å²) in [6, 6.07) is 9.16. The summed E-state index contributed by atoms with van der Waals surface area (Å²) >= 11 is 1.20. The molecule has 0 radical (unpaired) electrons. The minimum absolute atomic E-state index is 0.0780. The van der Waals surface area contributed by atoms with E-state index in [0.29, 0.717) is 46.9 Å². The van der Waals surface area contributed by atoms with Crippen LogP contribution >= 0.6 is 11.3 Å². The van der Waals surface area contributed by atoms with Crippen molar-refractivity contribution >= 4 is 46.4 Å². The van der Waals surface area contributed by atoms with Crippen LogP contribution in [0.1, 0.15) is 20.8 Å². The summed E-state index contributed by atoms with van der Waals surface area (Å²) in [4.78, 5) is 29.4. The first-order valence-electron chi connectivity index (χ1n) is 11.3. The van der Waals surface area contributed by atoms with Crippen molar-refractivity contribution in [2.75, 3.05) is 44.2 Å². The van der Waals surface area contributed by atoms with Crippen LogP contribution in [0.2, 0.25) is 0 Å². The molecule has 36 heavy (non-hydrogen) atoms. The van der Waals surface area contributed by atoms with Crippen molar-refractivity contribution in [1.82, 2.24) is 4.57 Å². The Kier molecular flexibility index (Phi) is 9.22. The molecule has 0 saturated heterocycles. The summed E-state index contributed by atoms with van der Waals surface area (Å²) in [6.45, 7) is 7.14. The molecule has 0 atom stereocenters. The van der Waals surface area contributed by atoms with Crippen LogP contribution in [0.25, 0.3) is 11.9 Å². The van der Waals surface area contributed by atoms with Crippen molar-refractivity contribution in [3.63, 3.8) is 0 Å². The topological polar surface area (TPSA) is 127 Å². The van der Waals surface area contributed by atoms with Crippen LogP contribution in [0.4, 0.5) is 11.4 Å². The number of nitrogens with zero attached hydrogens (tertiary/aromatic N) is 3. The van der Waals surface area contributed by atoms with E-state index in [1.165, 1.54) is 15.9 Å². The Morgan fingerprint density at radius 2 is 2.14 bits per heavy atom. The highest BCUT2D eigenvalue weighted by molar-refractivity contribution is 7.07. The molecule has 11 heteroatoms. The summed E-state index contributed by atoms with van der Waals surface area (Å²) in [6.07, 6.45) is 1.60. The molecule has 1 aliphatic rings. The number of thiazole rings is 1. The molecule has 1 aromatic carbocycles. The van der Waals surface area contributed by atoms with Gasteiger partial charge in [-0.05, 0) is 39.0 Å². The summed E-state index contributed by atoms with van der Waals surface area (Å²) in [5.74, 6) is -0.0477. The van der Waals surface area contributed by atoms with Gasteiger partial charge in [-0.3, -0.25) is 14.2 Å². The van der Waals surface area contributed by atoms with Gasteiger partial charge >= 0.3 is 0 Å². The number of rotatable bonds is 10. The van der Waals surface area contributed by atoms with Crippen LogP contribution in [0.15, 0.2) is 39.6 Å². The molecule has 2 N–H and O–H groups in total. The van der Waals surface area contributed by atoms with Crippen molar-refractivity contribution in [3.8, 4) is 6.07 Å². The Morgan fingerprint density at radius 1 is 1.36 bits per heavy atom. The molecular weight excluding hydrogens is 482 g/mol. The Bertz CT molecular complexity index is 1390. The second-order valence-electron chi connectivity index (χ2n) is 8.41. The van der Waals surface area contributed by atoms with Crippen LogP contribution in [0.3, 0.4) is 0 Å². The van der Waals surface area contributed by atoms with E-state index in [9.17, 15) is 14.9 Å². The molecule has 10 nitrogen and oxygen atoms in total. The minimum atomic E-state index is -0.410. The number of carbonyl (C=O) groups is 1. The standard InChI is InChI=1S/C25H29N5O5S/c1-5-30-22(11-17(13-26)23-29-25(2,3)16-35-23)36-20(24(30)32)14-27-18-7-6-8-19(12-18)28-21(31)15-34-10-9-33-4/h6-8,12,14,27H,5,9-10,15-16H2,1-4H3,(H,28,31)/b20-14+. The fourth-order valence-electron chi connectivity index (χ4n) is 3.19. The van der Waals surface area contributed by atoms with Gasteiger partial charge < -0.3 is 24.8 Å². The number of benzene rings is 1. The second kappa shape index (κ2) is 12.3. The average molecular weight is 512 g/mol. The molecule has 1 aromatic heterocycles. The van der Waals surface area contributed by atoms with Crippen molar-refractivity contribution in [2.45, 2.75) is 32.9 Å². The van der Waals surface area contributed by atoms with E-state index in [1.807, 2.05) is 26.8 Å². The molecule has 190 valence electrons. The third kappa shape index (κ3) is 7.16. The van der Waals surface area contributed by atoms with E-state index in [2.05, 4.69) is 27.4 Å². The Morgan fingerprint density at radius 3 is 2.81 bits per heavy atom. The van der Waals surface area contributed by atoms with Crippen molar-refractivity contribution in [2.24, 2.45) is 4.99 Å². The van der Waals surface area contributed by atoms with Gasteiger partial charge in [-0.15, -0.1) is 11.3 Å². The van der Waals surface area contributed by atoms with Gasteiger partial charge in [0, 0.05) is 31.2 Å². The molecule has 1 amide bonds. The number of ether oxygens (including phenoxy) is 3. The number of nitrogens with one attached hydrogen (secondary N) is 2. The lowest BCUT2D eigenvalue weighted by Gasteiger charge is -2.08. The molecule has 0 bridgehead atoms. The first-order chi connectivity index (χ1) is 17.3. The quantitative estimate of drug-likeness (QED) is 0.365. The zero-order valence-electron chi connectivity index (χ0n) is 20.7. The Labute approximate surface area is 212 Å². The highest BCUT2D eigenvalue weighted by Gasteiger charge is 2.28. The van der Waals surface area contributed by atoms with E-state index in [-0.39, 0.29) is 29.5 Å². The lowest BCUT2D eigenvalue weighted by atomic mass is 10.1. The lowest BCUT2D eigenvalue weighted by Crippen LogP contribution is -2.31. The maximum Gasteiger partial charge on any atom is 0.271 e. The minimum Gasteiger partial charge on any atom is -0.474 e. The normalized spacial score (nSPS) is 14.4. The number of amides is 1. The van der Waals surface area contributed by atoms with Crippen molar-refractivity contribution < 1.29 is 19.0 Å². The second-order valence-corrected chi connectivity index (χ2v) is 9.44. The SMILES string of the molecule is CCn1c(=C=C(C#N)C2=NC(C)(C)CO2)s/c(=C/Nc2cccc(NC(=O)COCCOC)c2)c1=O. The predicted octanol–water partition coefficient (Wildman–Crippen LogP) is 1.42. The number of aliphatic imine (C=N–C) groups is 1. The molecule has 0 fully saturated rings. The van der Waals surface area contributed by atoms with Gasteiger partial charge in [-0.1, -0.05) is 11.8 Å². The van der Waals surface area contributed by atoms with Gasteiger partial charge in [-0.25, -0.2) is 4.99 Å². The summed E-state index contributed by atoms with van der Waals surface area (Å²) in [5, 5.41) is 15.5. The maximum absolute atomic E-state index is 12.9. The van der Waals surface area contributed by atoms with Gasteiger partial charge in [0.25, 0.3) is 5.56 Å². The highest BCUT2D eigenvalue weighted by atomic mass is 32.1. The first kappa shape index (κ1) is 26.9. The van der Waals surface area contributed by atoms with E-state index >= 15 is 0 Å². The summed E-state index contributed by atoms with van der Waals surface area (Å²) < 4.78 is 18.1. The zero-order chi connectivity index (χ0) is 26.1. The molecular formula is C25H29N5O5S. The van der Waals surface area contributed by atoms with E-state index in [0.717, 1.165) is 0 Å². The smallest absolute Gasteiger partial charge is 0.271 e. The van der Waals surface area contributed by atoms with Crippen molar-refractivity contribution in [3.05, 3.63) is 49.4 Å². The predicted molar refractivity (Wildman–Crippen MR) is 139 cm³/mol. The molecule has 0 spiro atoms. The molecule has 3 rings (SSSR count). The number of hydrogen-bond acceptors (Lipinski definition) is 9. The highest BCUT2D eigenvalue weighted by Crippen LogP contribution is 2.19. The van der Waals surface area contributed by atoms with Gasteiger partial charge in [0.05, 0.1) is 18.8 Å². The van der Waals surface area contributed by atoms with Gasteiger partial charge in [0.1, 0.15) is 28.5 Å². The number of hydrogen-bond donors (Lipinski definition) is 2. The van der Waals surface area contributed by atoms with Gasteiger partial charge in [0.15, 0.2) is 5.57 Å². The summed E-state index contributed by atoms with van der Waals surface area (Å²) in [5.41, 5.74) is 3.81. The number of methoxy groups -OCH3 is 1. The third-order valence-electron chi connectivity index (χ3n) is 4.93. The first-order valence-corrected chi connectivity index (χ1v) is 12.1. The van der Waals surface area contributed by atoms with E-state index in [1.54, 1.807) is 31.5 Å². The molecule has 0 unspecified atom stereocenters. The largest absolute Gasteiger partial charge is 0.474 e. The van der Waals surface area contributed by atoms with Crippen molar-refractivity contribution in [1.29, 1.82) is 5.26 Å². The van der Waals surface area contributed by atoms with Crippen LogP contribution in [0.5, 0.6) is 0 Å². The molecule has 2 heterocycles. The Balaban J connectivity index is 1.84. The van der Waals surface area contributed by atoms with Gasteiger partial charge in [0.2, 0.25) is 11.8 Å². The number of carbonyl (C=O) groups excluding carboxylic acids is 1. The molecule has 2 aromatic rings. The van der Waals surface area contributed by atoms with E-state index < -0.39 is 5.54 Å². The Hall–Kier alpha value is -3.68. The lowest BCUT2D eigenvalue weighted by molar-refractivity contribution is -0.121. The maximum atomic E-state index is 12.9. The van der Waals surface area contributed by atoms with Crippen LogP contribution in [-0.4, -0.2) is 55.4 Å². The van der Waals surface area contributed by atoms with Gasteiger partial charge in [-0.2, -0.15) is 5.26 Å². The zero-order valence-corrected chi connectivity index (χ0v) is 21.5. The number of nitriles is 1. The fraction of sp³-hybridized carbons (Fsp3) is 0.400. The van der Waals surface area contributed by atoms with Crippen LogP contribution in [0, 0.1) is 11.3 Å². The monoisotopic (exact) mass is 511 g/mol. The summed E-state index contributed by atoms with van der Waals surface area (Å²) in [7, 11) is 1.56. The number of anilines is 2. The average Bonchev–Trinajstić information content (AvgIpc) is 3.36. The molecule has 0 aliphatic carbocycles. The molecule has 1 aliphatic heterocycles. The molecule has 0 saturated carbocycles. The van der Waals surface area contributed by atoms with Crippen LogP contribution < -0.4 is 25.4 Å². The van der Waals surface area contributed by atoms with E-state index in [4.69, 9.17) is 14.2 Å².